The average molecular weight is 282 g/mol. The third kappa shape index (κ3) is 2.19. The molecule has 0 atom stereocenters. The van der Waals surface area contributed by atoms with Crippen LogP contribution in [0.15, 0.2) is 11.4 Å². The zero-order valence-corrected chi connectivity index (χ0v) is 12.0. The van der Waals surface area contributed by atoms with Gasteiger partial charge >= 0.3 is 0 Å². The van der Waals surface area contributed by atoms with E-state index >= 15 is 0 Å². The molecule has 3 rings (SSSR count). The Morgan fingerprint density at radius 1 is 1.39 bits per heavy atom. The summed E-state index contributed by atoms with van der Waals surface area (Å²) in [4.78, 5) is 12.0. The quantitative estimate of drug-likeness (QED) is 0.780. The van der Waals surface area contributed by atoms with Crippen molar-refractivity contribution in [3.63, 3.8) is 0 Å². The highest BCUT2D eigenvalue weighted by molar-refractivity contribution is 7.16. The van der Waals surface area contributed by atoms with E-state index in [9.17, 15) is 0 Å². The van der Waals surface area contributed by atoms with Crippen LogP contribution in [0.3, 0.4) is 0 Å². The van der Waals surface area contributed by atoms with Crippen molar-refractivity contribution >= 4 is 39.0 Å². The minimum absolute atomic E-state index is 0.359. The fourth-order valence-electron chi connectivity index (χ4n) is 2.61. The molecule has 0 amide bonds. The molecule has 18 heavy (non-hydrogen) atoms. The van der Waals surface area contributed by atoms with Gasteiger partial charge in [-0.05, 0) is 41.8 Å². The van der Waals surface area contributed by atoms with Crippen LogP contribution >= 0.6 is 22.9 Å². The van der Waals surface area contributed by atoms with Gasteiger partial charge in [0.2, 0.25) is 5.28 Å². The third-order valence-electron chi connectivity index (χ3n) is 3.77. The molecule has 96 valence electrons. The number of rotatable bonds is 2. The summed E-state index contributed by atoms with van der Waals surface area (Å²) in [5.74, 6) is 1.89. The summed E-state index contributed by atoms with van der Waals surface area (Å²) in [6.45, 7) is 4.44. The molecule has 3 nitrogen and oxygen atoms in total. The molecule has 1 fully saturated rings. The van der Waals surface area contributed by atoms with E-state index in [-0.39, 0.29) is 0 Å². The first-order valence-corrected chi connectivity index (χ1v) is 7.69. The fourth-order valence-corrected chi connectivity index (χ4v) is 3.58. The maximum atomic E-state index is 6.01. The van der Waals surface area contributed by atoms with Crippen LogP contribution in [0.2, 0.25) is 5.28 Å². The lowest BCUT2D eigenvalue weighted by Crippen LogP contribution is -2.34. The molecule has 3 heterocycles. The van der Waals surface area contributed by atoms with Gasteiger partial charge in [0.05, 0.1) is 5.39 Å². The molecule has 1 aliphatic rings. The molecule has 0 radical (unpaired) electrons. The summed E-state index contributed by atoms with van der Waals surface area (Å²) in [6, 6.07) is 2.09. The van der Waals surface area contributed by atoms with Crippen molar-refractivity contribution in [3.05, 3.63) is 16.7 Å². The van der Waals surface area contributed by atoms with E-state index in [1.165, 1.54) is 19.3 Å². The lowest BCUT2D eigenvalue weighted by atomic mass is 9.94. The second-order valence-electron chi connectivity index (χ2n) is 4.79. The monoisotopic (exact) mass is 281 g/mol. The Morgan fingerprint density at radius 2 is 2.17 bits per heavy atom. The summed E-state index contributed by atoms with van der Waals surface area (Å²) in [7, 11) is 0. The average Bonchev–Trinajstić information content (AvgIpc) is 2.86. The molecule has 0 unspecified atom stereocenters. The van der Waals surface area contributed by atoms with E-state index in [2.05, 4.69) is 33.2 Å². The van der Waals surface area contributed by atoms with E-state index in [0.29, 0.717) is 5.28 Å². The summed E-state index contributed by atoms with van der Waals surface area (Å²) < 4.78 is 0. The number of aromatic nitrogens is 2. The van der Waals surface area contributed by atoms with Gasteiger partial charge in [0.15, 0.2) is 0 Å². The number of fused-ring (bicyclic) bond motifs is 1. The van der Waals surface area contributed by atoms with Gasteiger partial charge in [0.25, 0.3) is 0 Å². The van der Waals surface area contributed by atoms with Crippen LogP contribution in [0.4, 0.5) is 5.82 Å². The Kier molecular flexibility index (Phi) is 3.39. The first-order valence-electron chi connectivity index (χ1n) is 6.43. The number of nitrogens with zero attached hydrogens (tertiary/aromatic N) is 3. The van der Waals surface area contributed by atoms with Gasteiger partial charge in [-0.25, -0.2) is 4.98 Å². The highest BCUT2D eigenvalue weighted by Crippen LogP contribution is 2.32. The van der Waals surface area contributed by atoms with Crippen LogP contribution in [0.1, 0.15) is 26.2 Å². The fraction of sp³-hybridized carbons (Fsp3) is 0.538. The highest BCUT2D eigenvalue weighted by Gasteiger charge is 2.21. The van der Waals surface area contributed by atoms with Crippen LogP contribution in [-0.2, 0) is 0 Å². The zero-order chi connectivity index (χ0) is 12.5. The largest absolute Gasteiger partial charge is 0.356 e. The molecule has 2 aromatic heterocycles. The summed E-state index contributed by atoms with van der Waals surface area (Å²) >= 11 is 7.64. The van der Waals surface area contributed by atoms with Crippen LogP contribution in [0, 0.1) is 5.92 Å². The van der Waals surface area contributed by atoms with Crippen molar-refractivity contribution in [2.75, 3.05) is 18.0 Å². The standard InChI is InChI=1S/C13H16ClN3S/c1-2-9-3-6-17(7-4-9)11-10-5-8-18-12(10)16-13(14)15-11/h5,8-9H,2-4,6-7H2,1H3. The Hall–Kier alpha value is -0.870. The molecule has 0 aliphatic carbocycles. The molecule has 5 heteroatoms. The SMILES string of the molecule is CCC1CCN(c2nc(Cl)nc3sccc23)CC1. The molecule has 0 N–H and O–H groups in total. The number of hydrogen-bond acceptors (Lipinski definition) is 4. The Labute approximate surface area is 116 Å². The second-order valence-corrected chi connectivity index (χ2v) is 6.03. The van der Waals surface area contributed by atoms with Crippen molar-refractivity contribution in [3.8, 4) is 0 Å². The molecular formula is C13H16ClN3S. The molecule has 0 aromatic carbocycles. The normalized spacial score (nSPS) is 17.6. The van der Waals surface area contributed by atoms with E-state index in [4.69, 9.17) is 11.6 Å². The third-order valence-corrected chi connectivity index (χ3v) is 4.74. The molecular weight excluding hydrogens is 266 g/mol. The van der Waals surface area contributed by atoms with Crippen molar-refractivity contribution < 1.29 is 0 Å². The molecule has 0 saturated carbocycles. The molecule has 1 saturated heterocycles. The first-order chi connectivity index (χ1) is 8.78. The molecule has 0 bridgehead atoms. The van der Waals surface area contributed by atoms with Crippen LogP contribution < -0.4 is 4.90 Å². The molecule has 0 spiro atoms. The van der Waals surface area contributed by atoms with Crippen LogP contribution in [0.5, 0.6) is 0 Å². The van der Waals surface area contributed by atoms with Crippen molar-refractivity contribution in [1.82, 2.24) is 9.97 Å². The van der Waals surface area contributed by atoms with Crippen LogP contribution in [-0.4, -0.2) is 23.1 Å². The van der Waals surface area contributed by atoms with Crippen molar-refractivity contribution in [1.29, 1.82) is 0 Å². The highest BCUT2D eigenvalue weighted by atomic mass is 35.5. The van der Waals surface area contributed by atoms with Gasteiger partial charge in [-0.15, -0.1) is 11.3 Å². The maximum absolute atomic E-state index is 6.01. The van der Waals surface area contributed by atoms with Crippen LogP contribution in [0.25, 0.3) is 10.2 Å². The van der Waals surface area contributed by atoms with Gasteiger partial charge in [0.1, 0.15) is 10.6 Å². The second kappa shape index (κ2) is 5.02. The smallest absolute Gasteiger partial charge is 0.225 e. The lowest BCUT2D eigenvalue weighted by molar-refractivity contribution is 0.394. The number of hydrogen-bond donors (Lipinski definition) is 0. The number of anilines is 1. The topological polar surface area (TPSA) is 29.0 Å². The minimum atomic E-state index is 0.359. The maximum Gasteiger partial charge on any atom is 0.225 e. The molecule has 1 aliphatic heterocycles. The molecule has 2 aromatic rings. The Bertz CT molecular complexity index is 546. The van der Waals surface area contributed by atoms with E-state index < -0.39 is 0 Å². The number of halogens is 1. The lowest BCUT2D eigenvalue weighted by Gasteiger charge is -2.32. The minimum Gasteiger partial charge on any atom is -0.356 e. The predicted octanol–water partition coefficient (Wildman–Crippen LogP) is 3.97. The van der Waals surface area contributed by atoms with Gasteiger partial charge in [-0.1, -0.05) is 13.3 Å². The van der Waals surface area contributed by atoms with Crippen molar-refractivity contribution in [2.45, 2.75) is 26.2 Å². The van der Waals surface area contributed by atoms with Gasteiger partial charge in [-0.2, -0.15) is 4.98 Å². The summed E-state index contributed by atoms with van der Waals surface area (Å²) in [5.41, 5.74) is 0. The number of thiophene rings is 1. The Morgan fingerprint density at radius 3 is 2.89 bits per heavy atom. The van der Waals surface area contributed by atoms with Gasteiger partial charge in [-0.3, -0.25) is 0 Å². The predicted molar refractivity (Wildman–Crippen MR) is 77.7 cm³/mol. The first kappa shape index (κ1) is 12.2. The zero-order valence-electron chi connectivity index (χ0n) is 10.4. The summed E-state index contributed by atoms with van der Waals surface area (Å²) in [6.07, 6.45) is 3.79. The number of piperidine rings is 1. The van der Waals surface area contributed by atoms with E-state index in [1.807, 2.05) is 0 Å². The van der Waals surface area contributed by atoms with E-state index in [0.717, 1.165) is 35.0 Å². The van der Waals surface area contributed by atoms with E-state index in [1.54, 1.807) is 11.3 Å². The van der Waals surface area contributed by atoms with Crippen molar-refractivity contribution in [2.24, 2.45) is 5.92 Å². The Balaban J connectivity index is 1.92. The van der Waals surface area contributed by atoms with Gasteiger partial charge in [0, 0.05) is 13.1 Å². The van der Waals surface area contributed by atoms with Gasteiger partial charge < -0.3 is 4.90 Å². The summed E-state index contributed by atoms with van der Waals surface area (Å²) in [5, 5.41) is 3.55.